The van der Waals surface area contributed by atoms with Crippen LogP contribution >= 0.6 is 22.9 Å². The second kappa shape index (κ2) is 5.62. The zero-order chi connectivity index (χ0) is 15.9. The SMILES string of the molecule is Cc1nc(CNS(=O)(=O)c2c(Cl)nc3ccccn23)c(C)s1. The Bertz CT molecular complexity index is 946. The van der Waals surface area contributed by atoms with Gasteiger partial charge in [0.15, 0.2) is 10.2 Å². The standard InChI is InChI=1S/C13H13ClN4O2S2/c1-8-10(16-9(2)21-8)7-15-22(19,20)13-12(14)17-11-5-3-4-6-18(11)13/h3-6,15H,7H2,1-2H3. The van der Waals surface area contributed by atoms with Gasteiger partial charge < -0.3 is 0 Å². The molecule has 0 aromatic carbocycles. The van der Waals surface area contributed by atoms with E-state index in [4.69, 9.17) is 11.6 Å². The van der Waals surface area contributed by atoms with Gasteiger partial charge in [-0.05, 0) is 26.0 Å². The summed E-state index contributed by atoms with van der Waals surface area (Å²) < 4.78 is 29.1. The van der Waals surface area contributed by atoms with Gasteiger partial charge in [-0.15, -0.1) is 11.3 Å². The van der Waals surface area contributed by atoms with Gasteiger partial charge in [-0.1, -0.05) is 17.7 Å². The summed E-state index contributed by atoms with van der Waals surface area (Å²) in [6, 6.07) is 5.18. The van der Waals surface area contributed by atoms with Crippen LogP contribution in [0.4, 0.5) is 0 Å². The fraction of sp³-hybridized carbons (Fsp3) is 0.231. The van der Waals surface area contributed by atoms with E-state index in [0.717, 1.165) is 15.6 Å². The molecular formula is C13H13ClN4O2S2. The first-order valence-electron chi connectivity index (χ1n) is 6.43. The van der Waals surface area contributed by atoms with Crippen LogP contribution in [0, 0.1) is 13.8 Å². The Hall–Kier alpha value is -1.48. The lowest BCUT2D eigenvalue weighted by Crippen LogP contribution is -2.25. The van der Waals surface area contributed by atoms with Crippen LogP contribution in [0.25, 0.3) is 5.65 Å². The molecule has 3 aromatic rings. The van der Waals surface area contributed by atoms with E-state index < -0.39 is 10.0 Å². The van der Waals surface area contributed by atoms with Gasteiger partial charge in [0, 0.05) is 11.1 Å². The number of fused-ring (bicyclic) bond motifs is 1. The van der Waals surface area contributed by atoms with Crippen LogP contribution < -0.4 is 4.72 Å². The number of rotatable bonds is 4. The molecule has 0 atom stereocenters. The Balaban J connectivity index is 1.95. The average Bonchev–Trinajstić information content (AvgIpc) is 2.95. The van der Waals surface area contributed by atoms with E-state index in [0.29, 0.717) is 5.65 Å². The number of sulfonamides is 1. The van der Waals surface area contributed by atoms with Crippen LogP contribution in [0.5, 0.6) is 0 Å². The molecule has 0 unspecified atom stereocenters. The summed E-state index contributed by atoms with van der Waals surface area (Å²) in [4.78, 5) is 9.36. The summed E-state index contributed by atoms with van der Waals surface area (Å²) in [6.45, 7) is 3.92. The van der Waals surface area contributed by atoms with Crippen LogP contribution in [0.3, 0.4) is 0 Å². The number of hydrogen-bond donors (Lipinski definition) is 1. The van der Waals surface area contributed by atoms with E-state index in [9.17, 15) is 8.42 Å². The Kier molecular flexibility index (Phi) is 3.94. The first-order valence-corrected chi connectivity index (χ1v) is 9.11. The van der Waals surface area contributed by atoms with Gasteiger partial charge in [0.25, 0.3) is 10.0 Å². The molecule has 0 aliphatic heterocycles. The van der Waals surface area contributed by atoms with Gasteiger partial charge in [-0.2, -0.15) is 0 Å². The van der Waals surface area contributed by atoms with Gasteiger partial charge >= 0.3 is 0 Å². The van der Waals surface area contributed by atoms with Gasteiger partial charge in [0.1, 0.15) is 5.65 Å². The van der Waals surface area contributed by atoms with E-state index in [1.54, 1.807) is 24.4 Å². The Morgan fingerprint density at radius 2 is 2.09 bits per heavy atom. The smallest absolute Gasteiger partial charge is 0.260 e. The van der Waals surface area contributed by atoms with Gasteiger partial charge in [0.05, 0.1) is 17.2 Å². The number of aryl methyl sites for hydroxylation is 2. The normalized spacial score (nSPS) is 12.1. The van der Waals surface area contributed by atoms with Crippen molar-refractivity contribution in [3.8, 4) is 0 Å². The minimum atomic E-state index is -3.80. The third-order valence-corrected chi connectivity index (χ3v) is 5.86. The van der Waals surface area contributed by atoms with Crippen LogP contribution in [0.1, 0.15) is 15.6 Å². The number of nitrogens with zero attached hydrogens (tertiary/aromatic N) is 3. The number of nitrogens with one attached hydrogen (secondary N) is 1. The van der Waals surface area contributed by atoms with Crippen molar-refractivity contribution in [3.05, 3.63) is 45.1 Å². The summed E-state index contributed by atoms with van der Waals surface area (Å²) in [5, 5.41) is 0.791. The molecule has 0 radical (unpaired) electrons. The molecule has 22 heavy (non-hydrogen) atoms. The molecule has 6 nitrogen and oxygen atoms in total. The van der Waals surface area contributed by atoms with Crippen LogP contribution in [0.2, 0.25) is 5.15 Å². The van der Waals surface area contributed by atoms with E-state index >= 15 is 0 Å². The van der Waals surface area contributed by atoms with Crippen molar-refractivity contribution in [1.29, 1.82) is 0 Å². The highest BCUT2D eigenvalue weighted by atomic mass is 35.5. The molecule has 0 bridgehead atoms. The molecule has 3 heterocycles. The van der Waals surface area contributed by atoms with E-state index in [1.165, 1.54) is 15.7 Å². The van der Waals surface area contributed by atoms with Crippen molar-refractivity contribution in [2.75, 3.05) is 0 Å². The maximum absolute atomic E-state index is 12.5. The maximum atomic E-state index is 12.5. The summed E-state index contributed by atoms with van der Waals surface area (Å²) in [5.41, 5.74) is 1.20. The molecule has 3 rings (SSSR count). The molecule has 116 valence electrons. The third-order valence-electron chi connectivity index (χ3n) is 3.13. The molecule has 0 saturated heterocycles. The number of hydrogen-bond acceptors (Lipinski definition) is 5. The number of pyridine rings is 1. The molecule has 0 saturated carbocycles. The minimum absolute atomic E-state index is 0.0510. The highest BCUT2D eigenvalue weighted by molar-refractivity contribution is 7.89. The average molecular weight is 357 g/mol. The van der Waals surface area contributed by atoms with Crippen LogP contribution in [-0.2, 0) is 16.6 Å². The molecule has 9 heteroatoms. The Labute approximate surface area is 136 Å². The van der Waals surface area contributed by atoms with Crippen molar-refractivity contribution < 1.29 is 8.42 Å². The van der Waals surface area contributed by atoms with Crippen molar-refractivity contribution in [2.24, 2.45) is 0 Å². The first-order chi connectivity index (χ1) is 10.4. The first kappa shape index (κ1) is 15.4. The van der Waals surface area contributed by atoms with Crippen molar-refractivity contribution in [3.63, 3.8) is 0 Å². The predicted molar refractivity (Wildman–Crippen MR) is 85.8 cm³/mol. The fourth-order valence-electron chi connectivity index (χ4n) is 2.15. The monoisotopic (exact) mass is 356 g/mol. The van der Waals surface area contributed by atoms with E-state index in [-0.39, 0.29) is 16.7 Å². The molecule has 0 spiro atoms. The molecule has 0 amide bonds. The number of aromatic nitrogens is 3. The molecule has 0 fully saturated rings. The highest BCUT2D eigenvalue weighted by Crippen LogP contribution is 2.23. The zero-order valence-corrected chi connectivity index (χ0v) is 14.3. The predicted octanol–water partition coefficient (Wildman–Crippen LogP) is 2.54. The van der Waals surface area contributed by atoms with E-state index in [2.05, 4.69) is 14.7 Å². The van der Waals surface area contributed by atoms with Crippen molar-refractivity contribution in [2.45, 2.75) is 25.4 Å². The number of imidazole rings is 1. The number of thiazole rings is 1. The Morgan fingerprint density at radius 1 is 1.32 bits per heavy atom. The summed E-state index contributed by atoms with van der Waals surface area (Å²) in [5.74, 6) is 0. The Morgan fingerprint density at radius 3 is 2.77 bits per heavy atom. The second-order valence-electron chi connectivity index (χ2n) is 4.70. The zero-order valence-electron chi connectivity index (χ0n) is 11.9. The van der Waals surface area contributed by atoms with E-state index in [1.807, 2.05) is 13.8 Å². The molecule has 0 aliphatic carbocycles. The molecule has 1 N–H and O–H groups in total. The van der Waals surface area contributed by atoms with Crippen LogP contribution in [-0.4, -0.2) is 22.8 Å². The molecule has 0 aliphatic rings. The number of halogens is 1. The largest absolute Gasteiger partial charge is 0.288 e. The highest BCUT2D eigenvalue weighted by Gasteiger charge is 2.24. The minimum Gasteiger partial charge on any atom is -0.288 e. The van der Waals surface area contributed by atoms with Crippen molar-refractivity contribution >= 4 is 38.6 Å². The summed E-state index contributed by atoms with van der Waals surface area (Å²) >= 11 is 7.54. The lowest BCUT2D eigenvalue weighted by Gasteiger charge is -2.06. The maximum Gasteiger partial charge on any atom is 0.260 e. The topological polar surface area (TPSA) is 76.4 Å². The van der Waals surface area contributed by atoms with Gasteiger partial charge in [-0.3, -0.25) is 4.40 Å². The van der Waals surface area contributed by atoms with Crippen LogP contribution in [0.15, 0.2) is 29.4 Å². The molecule has 3 aromatic heterocycles. The van der Waals surface area contributed by atoms with Gasteiger partial charge in [-0.25, -0.2) is 23.1 Å². The summed E-state index contributed by atoms with van der Waals surface area (Å²) in [7, 11) is -3.80. The second-order valence-corrected chi connectivity index (χ2v) is 8.14. The third kappa shape index (κ3) is 2.74. The van der Waals surface area contributed by atoms with Gasteiger partial charge in [0.2, 0.25) is 0 Å². The lowest BCUT2D eigenvalue weighted by molar-refractivity contribution is 0.575. The lowest BCUT2D eigenvalue weighted by atomic mass is 10.4. The quantitative estimate of drug-likeness (QED) is 0.779. The fourth-order valence-corrected chi connectivity index (χ4v) is 4.61. The summed E-state index contributed by atoms with van der Waals surface area (Å²) in [6.07, 6.45) is 1.61. The molecular weight excluding hydrogens is 344 g/mol. The van der Waals surface area contributed by atoms with Crippen molar-refractivity contribution in [1.82, 2.24) is 19.1 Å².